The molecule has 29 heavy (non-hydrogen) atoms. The summed E-state index contributed by atoms with van der Waals surface area (Å²) in [6.45, 7) is 1.66. The molecule has 3 rings (SSSR count). The van der Waals surface area contributed by atoms with E-state index in [1.807, 2.05) is 30.3 Å². The molecule has 3 aromatic rings. The normalized spacial score (nSPS) is 11.2. The lowest BCUT2D eigenvalue weighted by atomic mass is 10.2. The molecule has 148 valence electrons. The number of carbonyl (C=O) groups is 2. The number of rotatable bonds is 7. The summed E-state index contributed by atoms with van der Waals surface area (Å²) in [5.41, 5.74) is 1.81. The fraction of sp³-hybridized carbons (Fsp3) is 0.130. The molecule has 0 fully saturated rings. The van der Waals surface area contributed by atoms with E-state index in [0.29, 0.717) is 28.4 Å². The van der Waals surface area contributed by atoms with Crippen molar-refractivity contribution in [3.05, 3.63) is 84.4 Å². The van der Waals surface area contributed by atoms with Gasteiger partial charge in [-0.3, -0.25) is 9.59 Å². The predicted molar refractivity (Wildman–Crippen MR) is 113 cm³/mol. The number of ether oxygens (including phenoxy) is 2. The van der Waals surface area contributed by atoms with Gasteiger partial charge in [-0.1, -0.05) is 30.3 Å². The van der Waals surface area contributed by atoms with Crippen molar-refractivity contribution in [1.29, 1.82) is 0 Å². The van der Waals surface area contributed by atoms with Crippen molar-refractivity contribution in [3.8, 4) is 11.5 Å². The topological polar surface area (TPSA) is 76.7 Å². The van der Waals surface area contributed by atoms with Gasteiger partial charge < -0.3 is 20.1 Å². The van der Waals surface area contributed by atoms with Crippen LogP contribution in [0.3, 0.4) is 0 Å². The second-order valence-electron chi connectivity index (χ2n) is 6.30. The minimum absolute atomic E-state index is 0.193. The molecule has 0 aromatic heterocycles. The summed E-state index contributed by atoms with van der Waals surface area (Å²) in [6, 6.07) is 23.0. The summed E-state index contributed by atoms with van der Waals surface area (Å²) in [5, 5.41) is 5.61. The van der Waals surface area contributed by atoms with Gasteiger partial charge in [-0.05, 0) is 55.5 Å². The summed E-state index contributed by atoms with van der Waals surface area (Å²) in [7, 11) is 1.55. The van der Waals surface area contributed by atoms with E-state index >= 15 is 0 Å². The highest BCUT2D eigenvalue weighted by atomic mass is 16.5. The lowest BCUT2D eigenvalue weighted by molar-refractivity contribution is -0.122. The van der Waals surface area contributed by atoms with Gasteiger partial charge in [-0.15, -0.1) is 0 Å². The largest absolute Gasteiger partial charge is 0.493 e. The molecule has 0 saturated heterocycles. The summed E-state index contributed by atoms with van der Waals surface area (Å²) in [5.74, 6) is 0.570. The molecule has 0 aliphatic heterocycles. The average Bonchev–Trinajstić information content (AvgIpc) is 2.76. The van der Waals surface area contributed by atoms with Crippen LogP contribution in [0.2, 0.25) is 0 Å². The van der Waals surface area contributed by atoms with Gasteiger partial charge in [0.25, 0.3) is 11.8 Å². The van der Waals surface area contributed by atoms with E-state index in [1.165, 1.54) is 0 Å². The third-order valence-corrected chi connectivity index (χ3v) is 4.19. The molecule has 0 aliphatic rings. The minimum atomic E-state index is -0.719. The first kappa shape index (κ1) is 19.9. The second kappa shape index (κ2) is 9.41. The molecule has 6 nitrogen and oxygen atoms in total. The molecule has 0 unspecified atom stereocenters. The lowest BCUT2D eigenvalue weighted by Gasteiger charge is -2.16. The Morgan fingerprint density at radius 1 is 0.759 bits per heavy atom. The van der Waals surface area contributed by atoms with Gasteiger partial charge in [0.2, 0.25) is 0 Å². The molecule has 0 radical (unpaired) electrons. The fourth-order valence-electron chi connectivity index (χ4n) is 2.63. The molecule has 0 heterocycles. The van der Waals surface area contributed by atoms with E-state index in [-0.39, 0.29) is 11.8 Å². The zero-order valence-corrected chi connectivity index (χ0v) is 16.2. The van der Waals surface area contributed by atoms with E-state index in [1.54, 1.807) is 62.6 Å². The smallest absolute Gasteiger partial charge is 0.265 e. The summed E-state index contributed by atoms with van der Waals surface area (Å²) in [4.78, 5) is 24.6. The molecule has 1 atom stereocenters. The van der Waals surface area contributed by atoms with E-state index in [2.05, 4.69) is 10.6 Å². The van der Waals surface area contributed by atoms with Crippen LogP contribution in [0.4, 0.5) is 11.4 Å². The van der Waals surface area contributed by atoms with Crippen LogP contribution in [-0.4, -0.2) is 25.0 Å². The number of benzene rings is 3. The maximum Gasteiger partial charge on any atom is 0.265 e. The van der Waals surface area contributed by atoms with Crippen molar-refractivity contribution >= 4 is 23.2 Å². The monoisotopic (exact) mass is 390 g/mol. The lowest BCUT2D eigenvalue weighted by Crippen LogP contribution is -2.30. The zero-order valence-electron chi connectivity index (χ0n) is 16.2. The van der Waals surface area contributed by atoms with Crippen LogP contribution in [-0.2, 0) is 4.79 Å². The summed E-state index contributed by atoms with van der Waals surface area (Å²) < 4.78 is 10.9. The highest BCUT2D eigenvalue weighted by Crippen LogP contribution is 2.27. The van der Waals surface area contributed by atoms with Crippen molar-refractivity contribution in [2.75, 3.05) is 17.7 Å². The first-order valence-corrected chi connectivity index (χ1v) is 9.14. The van der Waals surface area contributed by atoms with E-state index in [4.69, 9.17) is 9.47 Å². The molecule has 0 aliphatic carbocycles. The molecule has 0 bridgehead atoms. The summed E-state index contributed by atoms with van der Waals surface area (Å²) in [6.07, 6.45) is -0.719. The fourth-order valence-corrected chi connectivity index (χ4v) is 2.63. The number of anilines is 2. The van der Waals surface area contributed by atoms with Gasteiger partial charge in [0.05, 0.1) is 7.11 Å². The number of methoxy groups -OCH3 is 1. The molecular formula is C23H22N2O4. The van der Waals surface area contributed by atoms with Crippen LogP contribution in [0, 0.1) is 0 Å². The Labute approximate surface area is 169 Å². The Morgan fingerprint density at radius 3 is 1.93 bits per heavy atom. The maximum absolute atomic E-state index is 12.4. The summed E-state index contributed by atoms with van der Waals surface area (Å²) >= 11 is 0. The Kier molecular flexibility index (Phi) is 6.47. The Balaban J connectivity index is 1.57. The molecule has 0 saturated carbocycles. The van der Waals surface area contributed by atoms with Crippen LogP contribution in [0.15, 0.2) is 78.9 Å². The van der Waals surface area contributed by atoms with Crippen molar-refractivity contribution < 1.29 is 19.1 Å². The first-order valence-electron chi connectivity index (χ1n) is 9.14. The number of amides is 2. The number of para-hydroxylation sites is 2. The highest BCUT2D eigenvalue weighted by Gasteiger charge is 2.17. The average molecular weight is 390 g/mol. The van der Waals surface area contributed by atoms with Crippen LogP contribution in [0.5, 0.6) is 11.5 Å². The SMILES string of the molecule is COc1ccccc1O[C@H](C)C(=O)Nc1ccc(NC(=O)c2ccccc2)cc1. The van der Waals surface area contributed by atoms with Gasteiger partial charge in [0, 0.05) is 16.9 Å². The Hall–Kier alpha value is -3.80. The van der Waals surface area contributed by atoms with E-state index < -0.39 is 6.10 Å². The van der Waals surface area contributed by atoms with Crippen LogP contribution in [0.25, 0.3) is 0 Å². The van der Waals surface area contributed by atoms with Crippen LogP contribution < -0.4 is 20.1 Å². The molecule has 0 spiro atoms. The maximum atomic E-state index is 12.4. The predicted octanol–water partition coefficient (Wildman–Crippen LogP) is 4.35. The standard InChI is InChI=1S/C23H22N2O4/c1-16(29-21-11-7-6-10-20(21)28-2)22(26)24-18-12-14-19(15-13-18)25-23(27)17-8-4-3-5-9-17/h3-16H,1-2H3,(H,24,26)(H,25,27)/t16-/m1/s1. The number of hydrogen-bond acceptors (Lipinski definition) is 4. The van der Waals surface area contributed by atoms with Crippen molar-refractivity contribution in [3.63, 3.8) is 0 Å². The van der Waals surface area contributed by atoms with Gasteiger partial charge >= 0.3 is 0 Å². The van der Waals surface area contributed by atoms with E-state index in [0.717, 1.165) is 0 Å². The Morgan fingerprint density at radius 2 is 1.31 bits per heavy atom. The number of hydrogen-bond donors (Lipinski definition) is 2. The van der Waals surface area contributed by atoms with Crippen molar-refractivity contribution in [2.24, 2.45) is 0 Å². The van der Waals surface area contributed by atoms with Gasteiger partial charge in [0.1, 0.15) is 0 Å². The molecule has 2 N–H and O–H groups in total. The molecular weight excluding hydrogens is 368 g/mol. The number of nitrogens with one attached hydrogen (secondary N) is 2. The van der Waals surface area contributed by atoms with Crippen molar-refractivity contribution in [2.45, 2.75) is 13.0 Å². The third kappa shape index (κ3) is 5.35. The molecule has 6 heteroatoms. The zero-order chi connectivity index (χ0) is 20.6. The third-order valence-electron chi connectivity index (χ3n) is 4.19. The Bertz CT molecular complexity index is 972. The quantitative estimate of drug-likeness (QED) is 0.629. The van der Waals surface area contributed by atoms with Crippen LogP contribution in [0.1, 0.15) is 17.3 Å². The highest BCUT2D eigenvalue weighted by molar-refractivity contribution is 6.04. The van der Waals surface area contributed by atoms with E-state index in [9.17, 15) is 9.59 Å². The first-order chi connectivity index (χ1) is 14.1. The van der Waals surface area contributed by atoms with Gasteiger partial charge in [-0.2, -0.15) is 0 Å². The van der Waals surface area contributed by atoms with Gasteiger partial charge in [-0.25, -0.2) is 0 Å². The molecule has 2 amide bonds. The van der Waals surface area contributed by atoms with Crippen LogP contribution >= 0.6 is 0 Å². The molecule has 3 aromatic carbocycles. The second-order valence-corrected chi connectivity index (χ2v) is 6.30. The number of carbonyl (C=O) groups excluding carboxylic acids is 2. The van der Waals surface area contributed by atoms with Gasteiger partial charge in [0.15, 0.2) is 17.6 Å². The minimum Gasteiger partial charge on any atom is -0.493 e. The van der Waals surface area contributed by atoms with Crippen molar-refractivity contribution in [1.82, 2.24) is 0 Å².